The quantitative estimate of drug-likeness (QED) is 0.487. The molecular formula is C18H11ClN2. The van der Waals surface area contributed by atoms with E-state index in [-0.39, 0.29) is 0 Å². The Balaban J connectivity index is 2.02. The van der Waals surface area contributed by atoms with Gasteiger partial charge in [-0.25, -0.2) is 0 Å². The van der Waals surface area contributed by atoms with Crippen LogP contribution in [0.25, 0.3) is 32.9 Å². The van der Waals surface area contributed by atoms with E-state index in [1.54, 1.807) is 6.20 Å². The summed E-state index contributed by atoms with van der Waals surface area (Å²) in [6.07, 6.45) is 3.66. The maximum absolute atomic E-state index is 6.27. The van der Waals surface area contributed by atoms with E-state index in [1.807, 2.05) is 48.7 Å². The number of rotatable bonds is 1. The second-order valence-corrected chi connectivity index (χ2v) is 5.32. The molecule has 0 atom stereocenters. The molecule has 4 rings (SSSR count). The molecule has 3 heteroatoms. The number of fused-ring (bicyclic) bond motifs is 2. The Labute approximate surface area is 127 Å². The van der Waals surface area contributed by atoms with Crippen LogP contribution in [0.5, 0.6) is 0 Å². The maximum Gasteiger partial charge on any atom is 0.0796 e. The van der Waals surface area contributed by atoms with Gasteiger partial charge in [-0.15, -0.1) is 0 Å². The van der Waals surface area contributed by atoms with Gasteiger partial charge in [0.2, 0.25) is 0 Å². The molecule has 0 unspecified atom stereocenters. The molecule has 0 saturated heterocycles. The lowest BCUT2D eigenvalue weighted by molar-refractivity contribution is 1.33. The van der Waals surface area contributed by atoms with E-state index in [1.165, 1.54) is 0 Å². The van der Waals surface area contributed by atoms with Crippen molar-refractivity contribution in [2.75, 3.05) is 0 Å². The molecule has 0 aliphatic heterocycles. The van der Waals surface area contributed by atoms with Gasteiger partial charge >= 0.3 is 0 Å². The zero-order chi connectivity index (χ0) is 14.2. The summed E-state index contributed by atoms with van der Waals surface area (Å²) in [6.45, 7) is 0. The minimum absolute atomic E-state index is 0.741. The fourth-order valence-electron chi connectivity index (χ4n) is 2.60. The highest BCUT2D eigenvalue weighted by atomic mass is 35.5. The van der Waals surface area contributed by atoms with Crippen molar-refractivity contribution < 1.29 is 0 Å². The smallest absolute Gasteiger partial charge is 0.0796 e. The summed E-state index contributed by atoms with van der Waals surface area (Å²) in [5, 5.41) is 3.90. The Morgan fingerprint density at radius 2 is 1.71 bits per heavy atom. The van der Waals surface area contributed by atoms with Gasteiger partial charge in [0, 0.05) is 39.1 Å². The molecule has 0 spiro atoms. The van der Waals surface area contributed by atoms with Crippen molar-refractivity contribution >= 4 is 33.3 Å². The second-order valence-electron chi connectivity index (χ2n) is 4.91. The Hall–Kier alpha value is -2.45. The van der Waals surface area contributed by atoms with Crippen molar-refractivity contribution in [3.63, 3.8) is 0 Å². The Kier molecular flexibility index (Phi) is 2.83. The molecule has 2 aromatic carbocycles. The van der Waals surface area contributed by atoms with E-state index >= 15 is 0 Å². The average molecular weight is 291 g/mol. The zero-order valence-corrected chi connectivity index (χ0v) is 11.9. The van der Waals surface area contributed by atoms with Crippen LogP contribution in [-0.2, 0) is 0 Å². The minimum Gasteiger partial charge on any atom is -0.256 e. The van der Waals surface area contributed by atoms with Gasteiger partial charge in [-0.05, 0) is 24.3 Å². The fraction of sp³-hybridized carbons (Fsp3) is 0. The monoisotopic (exact) mass is 290 g/mol. The SMILES string of the molecule is Clc1cccc2c(-c3cnc4ccccc4c3)nccc12. The van der Waals surface area contributed by atoms with Crippen molar-refractivity contribution in [2.24, 2.45) is 0 Å². The molecule has 0 fully saturated rings. The van der Waals surface area contributed by atoms with Crippen LogP contribution in [0.3, 0.4) is 0 Å². The lowest BCUT2D eigenvalue weighted by atomic mass is 10.0. The number of aromatic nitrogens is 2. The molecule has 0 N–H and O–H groups in total. The van der Waals surface area contributed by atoms with E-state index in [0.717, 1.165) is 38.0 Å². The van der Waals surface area contributed by atoms with Gasteiger partial charge < -0.3 is 0 Å². The van der Waals surface area contributed by atoms with Gasteiger partial charge in [-0.3, -0.25) is 9.97 Å². The lowest BCUT2D eigenvalue weighted by Gasteiger charge is -2.07. The summed E-state index contributed by atoms with van der Waals surface area (Å²) in [5.41, 5.74) is 2.90. The standard InChI is InChI=1S/C18H11ClN2/c19-16-6-3-5-15-14(16)8-9-20-18(15)13-10-12-4-1-2-7-17(12)21-11-13/h1-11H. The molecule has 2 aromatic heterocycles. The van der Waals surface area contributed by atoms with Crippen LogP contribution in [0.15, 0.2) is 67.0 Å². The van der Waals surface area contributed by atoms with Crippen molar-refractivity contribution in [1.82, 2.24) is 9.97 Å². The molecule has 2 heterocycles. The van der Waals surface area contributed by atoms with Crippen molar-refractivity contribution in [3.05, 3.63) is 72.0 Å². The number of benzene rings is 2. The summed E-state index contributed by atoms with van der Waals surface area (Å²) in [6, 6.07) is 18.0. The first kappa shape index (κ1) is 12.3. The second kappa shape index (κ2) is 4.83. The summed E-state index contributed by atoms with van der Waals surface area (Å²) in [5.74, 6) is 0. The molecule has 0 amide bonds. The number of hydrogen-bond acceptors (Lipinski definition) is 2. The van der Waals surface area contributed by atoms with Crippen molar-refractivity contribution in [1.29, 1.82) is 0 Å². The third kappa shape index (κ3) is 2.05. The van der Waals surface area contributed by atoms with Crippen LogP contribution in [0.4, 0.5) is 0 Å². The number of para-hydroxylation sites is 1. The summed E-state index contributed by atoms with van der Waals surface area (Å²) < 4.78 is 0. The van der Waals surface area contributed by atoms with Gasteiger partial charge in [0.25, 0.3) is 0 Å². The van der Waals surface area contributed by atoms with E-state index in [2.05, 4.69) is 22.1 Å². The summed E-state index contributed by atoms with van der Waals surface area (Å²) in [4.78, 5) is 9.04. The number of nitrogens with zero attached hydrogens (tertiary/aromatic N) is 2. The van der Waals surface area contributed by atoms with E-state index < -0.39 is 0 Å². The Morgan fingerprint density at radius 3 is 2.67 bits per heavy atom. The van der Waals surface area contributed by atoms with E-state index in [4.69, 9.17) is 11.6 Å². The maximum atomic E-state index is 6.27. The molecule has 0 aliphatic rings. The molecule has 4 aromatic rings. The first-order valence-corrected chi connectivity index (χ1v) is 7.09. The zero-order valence-electron chi connectivity index (χ0n) is 11.1. The molecular weight excluding hydrogens is 280 g/mol. The average Bonchev–Trinajstić information content (AvgIpc) is 2.54. The highest BCUT2D eigenvalue weighted by molar-refractivity contribution is 6.35. The first-order valence-electron chi connectivity index (χ1n) is 6.71. The molecule has 0 aliphatic carbocycles. The third-order valence-corrected chi connectivity index (χ3v) is 3.95. The lowest BCUT2D eigenvalue weighted by Crippen LogP contribution is -1.88. The van der Waals surface area contributed by atoms with Crippen molar-refractivity contribution in [2.45, 2.75) is 0 Å². The molecule has 100 valence electrons. The Bertz CT molecular complexity index is 963. The highest BCUT2D eigenvalue weighted by Gasteiger charge is 2.08. The third-order valence-electron chi connectivity index (χ3n) is 3.62. The number of pyridine rings is 2. The van der Waals surface area contributed by atoms with E-state index in [0.29, 0.717) is 0 Å². The van der Waals surface area contributed by atoms with Gasteiger partial charge in [0.1, 0.15) is 0 Å². The van der Waals surface area contributed by atoms with Crippen LogP contribution in [-0.4, -0.2) is 9.97 Å². The van der Waals surface area contributed by atoms with Crippen LogP contribution < -0.4 is 0 Å². The normalized spacial score (nSPS) is 11.1. The molecule has 2 nitrogen and oxygen atoms in total. The molecule has 0 saturated carbocycles. The number of halogens is 1. The highest BCUT2D eigenvalue weighted by Crippen LogP contribution is 2.31. The van der Waals surface area contributed by atoms with Crippen LogP contribution in [0.2, 0.25) is 5.02 Å². The summed E-state index contributed by atoms with van der Waals surface area (Å²) in [7, 11) is 0. The fourth-order valence-corrected chi connectivity index (χ4v) is 2.84. The first-order chi connectivity index (χ1) is 10.3. The largest absolute Gasteiger partial charge is 0.256 e. The van der Waals surface area contributed by atoms with Gasteiger partial charge in [0.05, 0.1) is 11.2 Å². The van der Waals surface area contributed by atoms with E-state index in [9.17, 15) is 0 Å². The minimum atomic E-state index is 0.741. The van der Waals surface area contributed by atoms with Gasteiger partial charge in [-0.1, -0.05) is 41.9 Å². The Morgan fingerprint density at radius 1 is 0.810 bits per heavy atom. The van der Waals surface area contributed by atoms with Crippen LogP contribution >= 0.6 is 11.6 Å². The van der Waals surface area contributed by atoms with Crippen LogP contribution in [0.1, 0.15) is 0 Å². The number of hydrogen-bond donors (Lipinski definition) is 0. The topological polar surface area (TPSA) is 25.8 Å². The van der Waals surface area contributed by atoms with Gasteiger partial charge in [0.15, 0.2) is 0 Å². The van der Waals surface area contributed by atoms with Crippen LogP contribution in [0, 0.1) is 0 Å². The molecule has 0 bridgehead atoms. The predicted octanol–water partition coefficient (Wildman–Crippen LogP) is 5.10. The molecule has 0 radical (unpaired) electrons. The predicted molar refractivity (Wildman–Crippen MR) is 87.5 cm³/mol. The van der Waals surface area contributed by atoms with Gasteiger partial charge in [-0.2, -0.15) is 0 Å². The molecule has 21 heavy (non-hydrogen) atoms. The summed E-state index contributed by atoms with van der Waals surface area (Å²) >= 11 is 6.27. The van der Waals surface area contributed by atoms with Crippen molar-refractivity contribution in [3.8, 4) is 11.3 Å².